The van der Waals surface area contributed by atoms with Crippen LogP contribution in [0.15, 0.2) is 18.2 Å². The maximum absolute atomic E-state index is 12.5. The number of amides is 1. The van der Waals surface area contributed by atoms with Gasteiger partial charge in [0.2, 0.25) is 0 Å². The lowest BCUT2D eigenvalue weighted by atomic mass is 9.98. The highest BCUT2D eigenvalue weighted by molar-refractivity contribution is 5.95. The average molecular weight is 263 g/mol. The number of likely N-dealkylation sites (tertiary alicyclic amines) is 1. The van der Waals surface area contributed by atoms with Crippen LogP contribution in [0.1, 0.15) is 42.1 Å². The Morgan fingerprint density at radius 1 is 1.32 bits per heavy atom. The molecule has 1 unspecified atom stereocenters. The lowest BCUT2D eigenvalue weighted by Gasteiger charge is -2.23. The van der Waals surface area contributed by atoms with E-state index in [0.29, 0.717) is 25.1 Å². The first-order chi connectivity index (χ1) is 8.89. The van der Waals surface area contributed by atoms with Crippen molar-refractivity contribution in [2.75, 3.05) is 13.1 Å². The first-order valence-electron chi connectivity index (χ1n) is 6.70. The summed E-state index contributed by atoms with van der Waals surface area (Å²) >= 11 is 0. The number of phenols is 1. The number of phenolic OH excluding ortho intramolecular Hbond substituents is 1. The molecule has 4 nitrogen and oxygen atoms in total. The molecule has 1 atom stereocenters. The van der Waals surface area contributed by atoms with Gasteiger partial charge in [-0.15, -0.1) is 0 Å². The summed E-state index contributed by atoms with van der Waals surface area (Å²) in [7, 11) is 0. The van der Waals surface area contributed by atoms with Crippen LogP contribution in [0.5, 0.6) is 5.75 Å². The van der Waals surface area contributed by atoms with Crippen LogP contribution < -0.4 is 0 Å². The van der Waals surface area contributed by atoms with Crippen LogP contribution in [0.3, 0.4) is 0 Å². The van der Waals surface area contributed by atoms with Gasteiger partial charge in [-0.1, -0.05) is 0 Å². The van der Waals surface area contributed by atoms with Crippen LogP contribution in [-0.4, -0.2) is 39.7 Å². The fourth-order valence-corrected chi connectivity index (χ4v) is 2.52. The summed E-state index contributed by atoms with van der Waals surface area (Å²) in [4.78, 5) is 14.3. The van der Waals surface area contributed by atoms with E-state index in [2.05, 4.69) is 0 Å². The number of benzene rings is 1. The Hall–Kier alpha value is -1.55. The molecule has 0 radical (unpaired) electrons. The number of aliphatic hydroxyl groups is 1. The molecule has 2 rings (SSSR count). The third-order valence-corrected chi connectivity index (χ3v) is 3.79. The predicted octanol–water partition coefficient (Wildman–Crippen LogP) is 2.08. The number of carbonyl (C=O) groups is 1. The highest BCUT2D eigenvalue weighted by Crippen LogP contribution is 2.24. The van der Waals surface area contributed by atoms with Gasteiger partial charge in [0.1, 0.15) is 5.75 Å². The third-order valence-electron chi connectivity index (χ3n) is 3.79. The number of hydrogen-bond acceptors (Lipinski definition) is 3. The zero-order chi connectivity index (χ0) is 14.0. The minimum absolute atomic E-state index is 0.0183. The number of aromatic hydroxyl groups is 1. The molecule has 1 fully saturated rings. The molecule has 0 saturated carbocycles. The highest BCUT2D eigenvalue weighted by Gasteiger charge is 2.27. The van der Waals surface area contributed by atoms with Gasteiger partial charge in [0.05, 0.1) is 5.60 Å². The molecule has 104 valence electrons. The molecule has 19 heavy (non-hydrogen) atoms. The van der Waals surface area contributed by atoms with Crippen molar-refractivity contribution in [3.63, 3.8) is 0 Å². The van der Waals surface area contributed by atoms with Gasteiger partial charge in [-0.05, 0) is 56.9 Å². The van der Waals surface area contributed by atoms with Gasteiger partial charge in [-0.25, -0.2) is 0 Å². The molecule has 0 bridgehead atoms. The first-order valence-corrected chi connectivity index (χ1v) is 6.70. The van der Waals surface area contributed by atoms with E-state index >= 15 is 0 Å². The van der Waals surface area contributed by atoms with E-state index in [-0.39, 0.29) is 11.7 Å². The summed E-state index contributed by atoms with van der Waals surface area (Å²) < 4.78 is 0. The van der Waals surface area contributed by atoms with Crippen molar-refractivity contribution < 1.29 is 15.0 Å². The number of aryl methyl sites for hydroxylation is 1. The van der Waals surface area contributed by atoms with Gasteiger partial charge in [0.15, 0.2) is 0 Å². The molecule has 1 heterocycles. The Bertz CT molecular complexity index is 482. The number of rotatable bonds is 1. The molecule has 0 spiro atoms. The van der Waals surface area contributed by atoms with Crippen molar-refractivity contribution in [1.82, 2.24) is 4.90 Å². The number of hydrogen-bond donors (Lipinski definition) is 2. The molecule has 1 amide bonds. The largest absolute Gasteiger partial charge is 0.508 e. The molecule has 2 N–H and O–H groups in total. The van der Waals surface area contributed by atoms with Crippen LogP contribution in [0.4, 0.5) is 0 Å². The summed E-state index contributed by atoms with van der Waals surface area (Å²) in [5, 5.41) is 19.4. The van der Waals surface area contributed by atoms with Crippen molar-refractivity contribution in [2.45, 2.75) is 38.7 Å². The van der Waals surface area contributed by atoms with Crippen LogP contribution in [-0.2, 0) is 0 Å². The fourth-order valence-electron chi connectivity index (χ4n) is 2.52. The standard InChI is InChI=1S/C15H21NO3/c1-11-10-12(17)4-5-13(11)14(18)16-8-3-6-15(2,19)7-9-16/h4-5,10,17,19H,3,6-9H2,1-2H3. The lowest BCUT2D eigenvalue weighted by Crippen LogP contribution is -2.33. The minimum Gasteiger partial charge on any atom is -0.508 e. The summed E-state index contributed by atoms with van der Waals surface area (Å²) in [5.74, 6) is 0.156. The van der Waals surface area contributed by atoms with Crippen LogP contribution in [0.25, 0.3) is 0 Å². The predicted molar refractivity (Wildman–Crippen MR) is 73.2 cm³/mol. The molecule has 1 saturated heterocycles. The van der Waals surface area contributed by atoms with Crippen molar-refractivity contribution in [1.29, 1.82) is 0 Å². The smallest absolute Gasteiger partial charge is 0.254 e. The van der Waals surface area contributed by atoms with E-state index in [9.17, 15) is 15.0 Å². The first kappa shape index (κ1) is 13.9. The second-order valence-corrected chi connectivity index (χ2v) is 5.64. The third kappa shape index (κ3) is 3.26. The Labute approximate surface area is 113 Å². The molecule has 1 aromatic carbocycles. The van der Waals surface area contributed by atoms with Gasteiger partial charge < -0.3 is 15.1 Å². The van der Waals surface area contributed by atoms with Crippen molar-refractivity contribution in [3.8, 4) is 5.75 Å². The van der Waals surface area contributed by atoms with Crippen molar-refractivity contribution in [3.05, 3.63) is 29.3 Å². The SMILES string of the molecule is Cc1cc(O)ccc1C(=O)N1CCCC(C)(O)CC1. The molecule has 0 aromatic heterocycles. The normalized spacial score (nSPS) is 24.1. The van der Waals surface area contributed by atoms with Gasteiger partial charge in [0.25, 0.3) is 5.91 Å². The maximum Gasteiger partial charge on any atom is 0.254 e. The average Bonchev–Trinajstić information content (AvgIpc) is 2.49. The summed E-state index contributed by atoms with van der Waals surface area (Å²) in [6.07, 6.45) is 2.15. The van der Waals surface area contributed by atoms with E-state index in [1.807, 2.05) is 13.8 Å². The van der Waals surface area contributed by atoms with Crippen LogP contribution in [0.2, 0.25) is 0 Å². The lowest BCUT2D eigenvalue weighted by molar-refractivity contribution is 0.0438. The summed E-state index contributed by atoms with van der Waals surface area (Å²) in [6, 6.07) is 4.80. The second-order valence-electron chi connectivity index (χ2n) is 5.64. The van der Waals surface area contributed by atoms with Crippen LogP contribution >= 0.6 is 0 Å². The van der Waals surface area contributed by atoms with Gasteiger partial charge in [-0.2, -0.15) is 0 Å². The van der Waals surface area contributed by atoms with Crippen molar-refractivity contribution >= 4 is 5.91 Å². The topological polar surface area (TPSA) is 60.8 Å². The Morgan fingerprint density at radius 2 is 2.05 bits per heavy atom. The van der Waals surface area contributed by atoms with E-state index in [1.165, 1.54) is 6.07 Å². The van der Waals surface area contributed by atoms with Crippen LogP contribution in [0, 0.1) is 6.92 Å². The zero-order valence-corrected chi connectivity index (χ0v) is 11.5. The molecular weight excluding hydrogens is 242 g/mol. The van der Waals surface area contributed by atoms with Crippen molar-refractivity contribution in [2.24, 2.45) is 0 Å². The quantitative estimate of drug-likeness (QED) is 0.815. The van der Waals surface area contributed by atoms with Gasteiger partial charge in [-0.3, -0.25) is 4.79 Å². The minimum atomic E-state index is -0.668. The van der Waals surface area contributed by atoms with E-state index in [1.54, 1.807) is 17.0 Å². The molecule has 0 aliphatic carbocycles. The molecular formula is C15H21NO3. The Morgan fingerprint density at radius 3 is 2.74 bits per heavy atom. The maximum atomic E-state index is 12.5. The molecule has 1 aliphatic rings. The summed E-state index contributed by atoms with van der Waals surface area (Å²) in [5.41, 5.74) is 0.735. The van der Waals surface area contributed by atoms with E-state index in [4.69, 9.17) is 0 Å². The second kappa shape index (κ2) is 5.21. The monoisotopic (exact) mass is 263 g/mol. The Kier molecular flexibility index (Phi) is 3.80. The number of nitrogens with zero attached hydrogens (tertiary/aromatic N) is 1. The molecule has 4 heteroatoms. The highest BCUT2D eigenvalue weighted by atomic mass is 16.3. The molecule has 1 aliphatic heterocycles. The van der Waals surface area contributed by atoms with E-state index < -0.39 is 5.60 Å². The fraction of sp³-hybridized carbons (Fsp3) is 0.533. The van der Waals surface area contributed by atoms with E-state index in [0.717, 1.165) is 18.4 Å². The van der Waals surface area contributed by atoms with Gasteiger partial charge >= 0.3 is 0 Å². The Balaban J connectivity index is 2.15. The summed E-state index contributed by atoms with van der Waals surface area (Å²) in [6.45, 7) is 4.90. The number of carbonyl (C=O) groups excluding carboxylic acids is 1. The zero-order valence-electron chi connectivity index (χ0n) is 11.5. The van der Waals surface area contributed by atoms with Gasteiger partial charge in [0, 0.05) is 18.7 Å². The molecule has 1 aromatic rings.